The summed E-state index contributed by atoms with van der Waals surface area (Å²) in [6.07, 6.45) is 0. The van der Waals surface area contributed by atoms with Crippen molar-refractivity contribution in [2.75, 3.05) is 0 Å². The number of benzene rings is 1. The number of amides is 1. The Bertz CT molecular complexity index is 360. The Kier molecular flexibility index (Phi) is 1.68. The average Bonchev–Trinajstić information content (AvgIpc) is 2.41. The number of aryl methyl sites for hydroxylation is 1. The third-order valence-electron chi connectivity index (χ3n) is 2.11. The van der Waals surface area contributed by atoms with Gasteiger partial charge in [-0.3, -0.25) is 4.79 Å². The number of carbonyl (C=O) groups excluding carboxylic acids is 1. The van der Waals surface area contributed by atoms with Crippen molar-refractivity contribution >= 4 is 21.8 Å². The summed E-state index contributed by atoms with van der Waals surface area (Å²) >= 11 is 3.47. The first-order valence-electron chi connectivity index (χ1n) is 3.76. The fourth-order valence-electron chi connectivity index (χ4n) is 1.39. The molecule has 2 nitrogen and oxygen atoms in total. The molecule has 1 aromatic carbocycles. The van der Waals surface area contributed by atoms with E-state index in [0.717, 1.165) is 15.6 Å². The Morgan fingerprint density at radius 2 is 2.25 bits per heavy atom. The van der Waals surface area contributed by atoms with E-state index in [1.807, 2.05) is 19.1 Å². The van der Waals surface area contributed by atoms with Gasteiger partial charge in [0.25, 0.3) is 5.91 Å². The number of hydrogen-bond donors (Lipinski definition) is 1. The van der Waals surface area contributed by atoms with E-state index >= 15 is 0 Å². The van der Waals surface area contributed by atoms with E-state index in [1.54, 1.807) is 0 Å². The molecule has 0 spiro atoms. The van der Waals surface area contributed by atoms with Gasteiger partial charge < -0.3 is 5.32 Å². The number of hydrogen-bond acceptors (Lipinski definition) is 1. The first kappa shape index (κ1) is 7.80. The van der Waals surface area contributed by atoms with E-state index in [-0.39, 0.29) is 5.91 Å². The quantitative estimate of drug-likeness (QED) is 0.720. The van der Waals surface area contributed by atoms with Crippen LogP contribution in [0.2, 0.25) is 0 Å². The van der Waals surface area contributed by atoms with Crippen LogP contribution in [-0.2, 0) is 6.54 Å². The minimum atomic E-state index is 0.0331. The van der Waals surface area contributed by atoms with Crippen LogP contribution in [0.15, 0.2) is 16.6 Å². The Morgan fingerprint density at radius 1 is 1.50 bits per heavy atom. The molecule has 0 atom stereocenters. The lowest BCUT2D eigenvalue weighted by atomic mass is 10.1. The van der Waals surface area contributed by atoms with Crippen LogP contribution >= 0.6 is 15.9 Å². The molecule has 1 heterocycles. The molecule has 1 amide bonds. The maximum Gasteiger partial charge on any atom is 0.251 e. The van der Waals surface area contributed by atoms with Crippen molar-refractivity contribution in [2.24, 2.45) is 0 Å². The van der Waals surface area contributed by atoms with Crippen LogP contribution in [0.25, 0.3) is 0 Å². The molecule has 0 aliphatic carbocycles. The molecule has 0 saturated heterocycles. The van der Waals surface area contributed by atoms with Gasteiger partial charge in [-0.1, -0.05) is 22.0 Å². The largest absolute Gasteiger partial charge is 0.348 e. The van der Waals surface area contributed by atoms with Gasteiger partial charge in [-0.05, 0) is 24.1 Å². The summed E-state index contributed by atoms with van der Waals surface area (Å²) in [7, 11) is 0. The molecule has 0 unspecified atom stereocenters. The van der Waals surface area contributed by atoms with Gasteiger partial charge in [0, 0.05) is 16.6 Å². The second-order valence-electron chi connectivity index (χ2n) is 2.91. The van der Waals surface area contributed by atoms with Crippen LogP contribution in [-0.4, -0.2) is 5.91 Å². The molecule has 1 aliphatic rings. The van der Waals surface area contributed by atoms with Crippen LogP contribution in [0.4, 0.5) is 0 Å². The summed E-state index contributed by atoms with van der Waals surface area (Å²) in [4.78, 5) is 11.2. The molecule has 0 fully saturated rings. The number of carbonyl (C=O) groups is 1. The zero-order valence-electron chi connectivity index (χ0n) is 6.65. The molecular formula is C9H8BrNO. The lowest BCUT2D eigenvalue weighted by molar-refractivity contribution is 0.0966. The smallest absolute Gasteiger partial charge is 0.251 e. The highest BCUT2D eigenvalue weighted by molar-refractivity contribution is 9.10. The minimum absolute atomic E-state index is 0.0331. The summed E-state index contributed by atoms with van der Waals surface area (Å²) in [6, 6.07) is 3.82. The molecule has 1 aromatic rings. The normalized spacial score (nSPS) is 14.3. The monoisotopic (exact) mass is 225 g/mol. The zero-order valence-corrected chi connectivity index (χ0v) is 8.23. The third-order valence-corrected chi connectivity index (χ3v) is 3.21. The van der Waals surface area contributed by atoms with E-state index in [4.69, 9.17) is 0 Å². The van der Waals surface area contributed by atoms with Crippen molar-refractivity contribution in [3.63, 3.8) is 0 Å². The van der Waals surface area contributed by atoms with Crippen molar-refractivity contribution in [3.05, 3.63) is 33.3 Å². The third kappa shape index (κ3) is 0.966. The standard InChI is InChI=1S/C9H8BrNO/c1-5-2-3-6-7(8(5)10)4-11-9(6)12/h2-3H,4H2,1H3,(H,11,12). The molecule has 1 aliphatic heterocycles. The fourth-order valence-corrected chi connectivity index (χ4v) is 1.87. The highest BCUT2D eigenvalue weighted by Gasteiger charge is 2.21. The van der Waals surface area contributed by atoms with Crippen molar-refractivity contribution in [1.29, 1.82) is 0 Å². The number of fused-ring (bicyclic) bond motifs is 1. The first-order valence-corrected chi connectivity index (χ1v) is 4.55. The molecule has 3 heteroatoms. The van der Waals surface area contributed by atoms with E-state index in [1.165, 1.54) is 5.56 Å². The molecule has 2 rings (SSSR count). The Labute approximate surface area is 79.1 Å². The van der Waals surface area contributed by atoms with Crippen molar-refractivity contribution in [2.45, 2.75) is 13.5 Å². The van der Waals surface area contributed by atoms with Gasteiger partial charge in [0.2, 0.25) is 0 Å². The van der Waals surface area contributed by atoms with Crippen molar-refractivity contribution < 1.29 is 4.79 Å². The van der Waals surface area contributed by atoms with E-state index in [2.05, 4.69) is 21.2 Å². The van der Waals surface area contributed by atoms with Crippen LogP contribution < -0.4 is 5.32 Å². The highest BCUT2D eigenvalue weighted by atomic mass is 79.9. The summed E-state index contributed by atoms with van der Waals surface area (Å²) in [6.45, 7) is 2.67. The Hall–Kier alpha value is -0.830. The Morgan fingerprint density at radius 3 is 3.00 bits per heavy atom. The summed E-state index contributed by atoms with van der Waals surface area (Å²) in [5.41, 5.74) is 3.05. The minimum Gasteiger partial charge on any atom is -0.348 e. The van der Waals surface area contributed by atoms with Crippen molar-refractivity contribution in [1.82, 2.24) is 5.32 Å². The SMILES string of the molecule is Cc1ccc2c(c1Br)CNC2=O. The van der Waals surface area contributed by atoms with Gasteiger partial charge in [0.15, 0.2) is 0 Å². The van der Waals surface area contributed by atoms with E-state index in [0.29, 0.717) is 6.54 Å². The van der Waals surface area contributed by atoms with Gasteiger partial charge in [-0.2, -0.15) is 0 Å². The average molecular weight is 226 g/mol. The number of halogens is 1. The van der Waals surface area contributed by atoms with Gasteiger partial charge >= 0.3 is 0 Å². The summed E-state index contributed by atoms with van der Waals surface area (Å²) in [5.74, 6) is 0.0331. The summed E-state index contributed by atoms with van der Waals surface area (Å²) < 4.78 is 1.05. The lowest BCUT2D eigenvalue weighted by Gasteiger charge is -2.02. The first-order chi connectivity index (χ1) is 5.70. The second-order valence-corrected chi connectivity index (χ2v) is 3.70. The molecule has 0 bridgehead atoms. The topological polar surface area (TPSA) is 29.1 Å². The molecule has 0 radical (unpaired) electrons. The van der Waals surface area contributed by atoms with E-state index in [9.17, 15) is 4.79 Å². The number of nitrogens with one attached hydrogen (secondary N) is 1. The van der Waals surface area contributed by atoms with Crippen LogP contribution in [0, 0.1) is 6.92 Å². The number of rotatable bonds is 0. The predicted octanol–water partition coefficient (Wildman–Crippen LogP) is 2.00. The van der Waals surface area contributed by atoms with Crippen molar-refractivity contribution in [3.8, 4) is 0 Å². The van der Waals surface area contributed by atoms with Crippen LogP contribution in [0.1, 0.15) is 21.5 Å². The van der Waals surface area contributed by atoms with Gasteiger partial charge in [0.05, 0.1) is 0 Å². The second kappa shape index (κ2) is 2.59. The predicted molar refractivity (Wildman–Crippen MR) is 50.0 cm³/mol. The zero-order chi connectivity index (χ0) is 8.72. The highest BCUT2D eigenvalue weighted by Crippen LogP contribution is 2.27. The molecule has 1 N–H and O–H groups in total. The Balaban J connectivity index is 2.68. The van der Waals surface area contributed by atoms with Crippen LogP contribution in [0.3, 0.4) is 0 Å². The molecular weight excluding hydrogens is 218 g/mol. The fraction of sp³-hybridized carbons (Fsp3) is 0.222. The maximum atomic E-state index is 11.2. The molecule has 62 valence electrons. The lowest BCUT2D eigenvalue weighted by Crippen LogP contribution is -2.12. The molecule has 0 aromatic heterocycles. The molecule has 12 heavy (non-hydrogen) atoms. The van der Waals surface area contributed by atoms with Gasteiger partial charge in [-0.15, -0.1) is 0 Å². The van der Waals surface area contributed by atoms with E-state index < -0.39 is 0 Å². The van der Waals surface area contributed by atoms with Gasteiger partial charge in [-0.25, -0.2) is 0 Å². The summed E-state index contributed by atoms with van der Waals surface area (Å²) in [5, 5.41) is 2.78. The van der Waals surface area contributed by atoms with Crippen LogP contribution in [0.5, 0.6) is 0 Å². The van der Waals surface area contributed by atoms with Gasteiger partial charge in [0.1, 0.15) is 0 Å². The molecule has 0 saturated carbocycles. The maximum absolute atomic E-state index is 11.2.